The summed E-state index contributed by atoms with van der Waals surface area (Å²) in [6.07, 6.45) is 5.76. The van der Waals surface area contributed by atoms with Crippen molar-refractivity contribution >= 4 is 22.7 Å². The smallest absolute Gasteiger partial charge is 0.239 e. The molecule has 0 aliphatic carbocycles. The number of para-hydroxylation sites is 2. The molecule has 2 aliphatic heterocycles. The first-order chi connectivity index (χ1) is 14.3. The number of fused-ring (bicyclic) bond motifs is 1. The van der Waals surface area contributed by atoms with E-state index in [0.29, 0.717) is 5.95 Å². The first-order valence-electron chi connectivity index (χ1n) is 10.3. The molecule has 2 atom stereocenters. The van der Waals surface area contributed by atoms with E-state index in [9.17, 15) is 10.2 Å². The van der Waals surface area contributed by atoms with Crippen molar-refractivity contribution < 1.29 is 10.2 Å². The van der Waals surface area contributed by atoms with Gasteiger partial charge in [0.2, 0.25) is 5.95 Å². The van der Waals surface area contributed by atoms with Crippen molar-refractivity contribution in [2.45, 2.75) is 37.8 Å². The highest BCUT2D eigenvalue weighted by Gasteiger charge is 2.29. The van der Waals surface area contributed by atoms with E-state index in [4.69, 9.17) is 9.97 Å². The lowest BCUT2D eigenvalue weighted by Gasteiger charge is -2.28. The summed E-state index contributed by atoms with van der Waals surface area (Å²) in [4.78, 5) is 18.6. The van der Waals surface area contributed by atoms with Gasteiger partial charge in [-0.15, -0.1) is 0 Å². The monoisotopic (exact) mass is 394 g/mol. The number of hydrogen-bond donors (Lipinski definition) is 2. The number of hydrogen-bond acceptors (Lipinski definition) is 7. The summed E-state index contributed by atoms with van der Waals surface area (Å²) in [7, 11) is 0. The van der Waals surface area contributed by atoms with Crippen molar-refractivity contribution in [2.24, 2.45) is 0 Å². The maximum atomic E-state index is 9.81. The molecule has 0 radical (unpaired) electrons. The van der Waals surface area contributed by atoms with E-state index in [-0.39, 0.29) is 25.3 Å². The van der Waals surface area contributed by atoms with Crippen LogP contribution in [0, 0.1) is 0 Å². The lowest BCUT2D eigenvalue weighted by molar-refractivity contribution is 0.265. The van der Waals surface area contributed by atoms with E-state index in [1.807, 2.05) is 34.9 Å². The number of nitrogens with zero attached hydrogens (tertiary/aromatic N) is 6. The summed E-state index contributed by atoms with van der Waals surface area (Å²) in [5.41, 5.74) is 1.85. The Morgan fingerprint density at radius 2 is 1.52 bits per heavy atom. The fourth-order valence-corrected chi connectivity index (χ4v) is 4.58. The maximum absolute atomic E-state index is 9.81. The van der Waals surface area contributed by atoms with Crippen molar-refractivity contribution in [3.05, 3.63) is 36.7 Å². The molecule has 4 heterocycles. The first-order valence-corrected chi connectivity index (χ1v) is 10.3. The third-order valence-electron chi connectivity index (χ3n) is 6.12. The van der Waals surface area contributed by atoms with E-state index < -0.39 is 0 Å². The van der Waals surface area contributed by atoms with Gasteiger partial charge in [0, 0.05) is 19.2 Å². The summed E-state index contributed by atoms with van der Waals surface area (Å²) >= 11 is 0. The van der Waals surface area contributed by atoms with Gasteiger partial charge in [0.05, 0.1) is 36.3 Å². The van der Waals surface area contributed by atoms with Gasteiger partial charge in [-0.05, 0) is 37.8 Å². The molecule has 0 saturated carbocycles. The normalized spacial score (nSPS) is 22.1. The Balaban J connectivity index is 1.64. The lowest BCUT2D eigenvalue weighted by Crippen LogP contribution is -2.35. The summed E-state index contributed by atoms with van der Waals surface area (Å²) in [5.74, 6) is 2.21. The van der Waals surface area contributed by atoms with Gasteiger partial charge in [0.25, 0.3) is 0 Å². The van der Waals surface area contributed by atoms with E-state index in [0.717, 1.165) is 61.4 Å². The van der Waals surface area contributed by atoms with Crippen molar-refractivity contribution in [3.63, 3.8) is 0 Å². The van der Waals surface area contributed by atoms with Crippen molar-refractivity contribution in [3.8, 4) is 5.95 Å². The molecular weight excluding hydrogens is 368 g/mol. The topological polar surface area (TPSA) is 90.5 Å². The average molecular weight is 394 g/mol. The Kier molecular flexibility index (Phi) is 4.81. The molecule has 8 heteroatoms. The van der Waals surface area contributed by atoms with Crippen LogP contribution in [-0.4, -0.2) is 68.1 Å². The minimum absolute atomic E-state index is 0.0809. The second-order valence-corrected chi connectivity index (χ2v) is 7.83. The number of aromatic nitrogens is 4. The predicted molar refractivity (Wildman–Crippen MR) is 112 cm³/mol. The minimum atomic E-state index is 0.0809. The number of benzene rings is 1. The van der Waals surface area contributed by atoms with E-state index in [1.54, 1.807) is 6.33 Å². The fourth-order valence-electron chi connectivity index (χ4n) is 4.58. The van der Waals surface area contributed by atoms with Crippen LogP contribution >= 0.6 is 0 Å². The third-order valence-corrected chi connectivity index (χ3v) is 6.12. The Hall–Kier alpha value is -2.71. The third kappa shape index (κ3) is 3.22. The molecule has 0 unspecified atom stereocenters. The molecule has 5 rings (SSSR count). The maximum Gasteiger partial charge on any atom is 0.239 e. The van der Waals surface area contributed by atoms with Gasteiger partial charge in [-0.3, -0.25) is 4.57 Å². The van der Waals surface area contributed by atoms with E-state index >= 15 is 0 Å². The minimum Gasteiger partial charge on any atom is -0.394 e. The SMILES string of the molecule is OC[C@@H]1CCCN1c1cc(N2CCC[C@H]2CO)nc(-n2cnc3ccccc32)n1. The van der Waals surface area contributed by atoms with Crippen LogP contribution in [0.15, 0.2) is 36.7 Å². The largest absolute Gasteiger partial charge is 0.394 e. The molecular formula is C21H26N6O2. The van der Waals surface area contributed by atoms with Crippen LogP contribution in [0.3, 0.4) is 0 Å². The van der Waals surface area contributed by atoms with Crippen LogP contribution in [-0.2, 0) is 0 Å². The molecule has 2 N–H and O–H groups in total. The highest BCUT2D eigenvalue weighted by molar-refractivity contribution is 5.76. The highest BCUT2D eigenvalue weighted by Crippen LogP contribution is 2.31. The molecule has 2 aromatic heterocycles. The zero-order valence-corrected chi connectivity index (χ0v) is 16.4. The highest BCUT2D eigenvalue weighted by atomic mass is 16.3. The summed E-state index contributed by atoms with van der Waals surface area (Å²) in [5, 5.41) is 19.6. The van der Waals surface area contributed by atoms with Gasteiger partial charge in [-0.1, -0.05) is 12.1 Å². The molecule has 2 aliphatic rings. The zero-order chi connectivity index (χ0) is 19.8. The Labute approximate surface area is 169 Å². The van der Waals surface area contributed by atoms with Crippen LogP contribution in [0.1, 0.15) is 25.7 Å². The summed E-state index contributed by atoms with van der Waals surface area (Å²) < 4.78 is 1.91. The average Bonchev–Trinajstić information content (AvgIpc) is 3.52. The molecule has 8 nitrogen and oxygen atoms in total. The van der Waals surface area contributed by atoms with Crippen LogP contribution in [0.5, 0.6) is 0 Å². The van der Waals surface area contributed by atoms with E-state index in [2.05, 4.69) is 14.8 Å². The van der Waals surface area contributed by atoms with E-state index in [1.165, 1.54) is 0 Å². The van der Waals surface area contributed by atoms with Gasteiger partial charge in [-0.25, -0.2) is 4.98 Å². The van der Waals surface area contributed by atoms with Crippen LogP contribution in [0.2, 0.25) is 0 Å². The number of imidazole rings is 1. The van der Waals surface area contributed by atoms with Crippen LogP contribution < -0.4 is 9.80 Å². The summed E-state index contributed by atoms with van der Waals surface area (Å²) in [6.45, 7) is 1.97. The molecule has 0 bridgehead atoms. The van der Waals surface area contributed by atoms with Crippen molar-refractivity contribution in [1.29, 1.82) is 0 Å². The second-order valence-electron chi connectivity index (χ2n) is 7.83. The molecule has 152 valence electrons. The lowest BCUT2D eigenvalue weighted by atomic mass is 10.2. The molecule has 0 amide bonds. The Morgan fingerprint density at radius 3 is 2.14 bits per heavy atom. The molecule has 0 spiro atoms. The molecule has 2 fully saturated rings. The molecule has 3 aromatic rings. The summed E-state index contributed by atoms with van der Waals surface area (Å²) in [6, 6.07) is 10.1. The quantitative estimate of drug-likeness (QED) is 0.681. The first kappa shape index (κ1) is 18.3. The van der Waals surface area contributed by atoms with Crippen LogP contribution in [0.25, 0.3) is 17.0 Å². The van der Waals surface area contributed by atoms with Gasteiger partial charge >= 0.3 is 0 Å². The van der Waals surface area contributed by atoms with Gasteiger partial charge in [0.1, 0.15) is 18.0 Å². The van der Waals surface area contributed by atoms with Crippen molar-refractivity contribution in [1.82, 2.24) is 19.5 Å². The number of aliphatic hydroxyl groups is 2. The Morgan fingerprint density at radius 1 is 0.897 bits per heavy atom. The Bertz CT molecular complexity index is 966. The van der Waals surface area contributed by atoms with Gasteiger partial charge in [0.15, 0.2) is 0 Å². The number of anilines is 2. The number of aliphatic hydroxyl groups excluding tert-OH is 2. The fraction of sp³-hybridized carbons (Fsp3) is 0.476. The zero-order valence-electron chi connectivity index (χ0n) is 16.4. The van der Waals surface area contributed by atoms with Crippen molar-refractivity contribution in [2.75, 3.05) is 36.1 Å². The standard InChI is InChI=1S/C21H26N6O2/c28-12-15-5-3-9-25(15)19-11-20(26-10-4-6-16(26)13-29)24-21(23-19)27-14-22-17-7-1-2-8-18(17)27/h1-2,7-8,11,14-16,28-29H,3-6,9-10,12-13H2/t15-,16-/m0/s1. The van der Waals surface area contributed by atoms with Gasteiger partial charge < -0.3 is 20.0 Å². The second kappa shape index (κ2) is 7.61. The van der Waals surface area contributed by atoms with Crippen LogP contribution in [0.4, 0.5) is 11.6 Å². The molecule has 1 aromatic carbocycles. The van der Waals surface area contributed by atoms with Gasteiger partial charge in [-0.2, -0.15) is 9.97 Å². The molecule has 2 saturated heterocycles. The number of rotatable bonds is 5. The molecule has 29 heavy (non-hydrogen) atoms. The predicted octanol–water partition coefficient (Wildman–Crippen LogP) is 1.74.